The zero-order valence-electron chi connectivity index (χ0n) is 13.0. The first-order chi connectivity index (χ1) is 11.8. The lowest BCUT2D eigenvalue weighted by atomic mass is 10.2. The van der Waals surface area contributed by atoms with Crippen molar-refractivity contribution in [1.29, 1.82) is 0 Å². The van der Waals surface area contributed by atoms with Gasteiger partial charge in [-0.3, -0.25) is 0 Å². The second kappa shape index (κ2) is 6.31. The number of nitrogens with zero attached hydrogens (tertiary/aromatic N) is 2. The Morgan fingerprint density at radius 3 is 2.83 bits per heavy atom. The number of ether oxygens (including phenoxy) is 2. The number of anilines is 1. The highest BCUT2D eigenvalue weighted by atomic mass is 19.1. The van der Waals surface area contributed by atoms with Crippen molar-refractivity contribution in [3.8, 4) is 11.5 Å². The molecule has 1 aliphatic rings. The van der Waals surface area contributed by atoms with Gasteiger partial charge in [-0.15, -0.1) is 0 Å². The third-order valence-corrected chi connectivity index (χ3v) is 3.89. The zero-order valence-corrected chi connectivity index (χ0v) is 13.0. The fraction of sp³-hybridized carbons (Fsp3) is 0.222. The quantitative estimate of drug-likeness (QED) is 0.798. The van der Waals surface area contributed by atoms with Gasteiger partial charge in [-0.25, -0.2) is 14.4 Å². The molecular formula is C18H16FN3O2. The fourth-order valence-electron chi connectivity index (χ4n) is 2.70. The van der Waals surface area contributed by atoms with Gasteiger partial charge in [-0.05, 0) is 29.8 Å². The number of rotatable bonds is 3. The van der Waals surface area contributed by atoms with E-state index >= 15 is 0 Å². The lowest BCUT2D eigenvalue weighted by molar-refractivity contribution is 0.297. The number of aromatic nitrogens is 2. The van der Waals surface area contributed by atoms with Gasteiger partial charge in [0.1, 0.15) is 23.5 Å². The van der Waals surface area contributed by atoms with E-state index in [0.717, 1.165) is 23.5 Å². The molecule has 24 heavy (non-hydrogen) atoms. The van der Waals surface area contributed by atoms with E-state index in [0.29, 0.717) is 36.5 Å². The summed E-state index contributed by atoms with van der Waals surface area (Å²) in [7, 11) is 0. The molecule has 0 saturated carbocycles. The van der Waals surface area contributed by atoms with Crippen LogP contribution in [0, 0.1) is 5.82 Å². The molecule has 0 amide bonds. The zero-order chi connectivity index (χ0) is 16.4. The monoisotopic (exact) mass is 325 g/mol. The van der Waals surface area contributed by atoms with Crippen LogP contribution in [-0.2, 0) is 6.54 Å². The number of hydrogen-bond acceptors (Lipinski definition) is 5. The minimum Gasteiger partial charge on any atom is -0.490 e. The molecule has 1 N–H and O–H groups in total. The summed E-state index contributed by atoms with van der Waals surface area (Å²) in [5.74, 6) is 1.77. The van der Waals surface area contributed by atoms with E-state index in [9.17, 15) is 4.39 Å². The number of benzene rings is 2. The highest BCUT2D eigenvalue weighted by Gasteiger charge is 2.11. The first kappa shape index (κ1) is 14.7. The molecule has 0 fully saturated rings. The lowest BCUT2D eigenvalue weighted by Crippen LogP contribution is -2.03. The van der Waals surface area contributed by atoms with Crippen molar-refractivity contribution in [2.45, 2.75) is 13.0 Å². The summed E-state index contributed by atoms with van der Waals surface area (Å²) in [6, 6.07) is 10.7. The van der Waals surface area contributed by atoms with Crippen LogP contribution in [0.3, 0.4) is 0 Å². The predicted molar refractivity (Wildman–Crippen MR) is 88.9 cm³/mol. The first-order valence-electron chi connectivity index (χ1n) is 7.83. The van der Waals surface area contributed by atoms with E-state index in [1.54, 1.807) is 12.1 Å². The van der Waals surface area contributed by atoms with E-state index in [1.807, 2.05) is 18.2 Å². The molecule has 6 heteroatoms. The third kappa shape index (κ3) is 2.82. The van der Waals surface area contributed by atoms with Crippen molar-refractivity contribution < 1.29 is 13.9 Å². The molecule has 0 bridgehead atoms. The average molecular weight is 325 g/mol. The molecule has 2 heterocycles. The molecule has 3 aromatic rings. The number of nitrogens with one attached hydrogen (secondary N) is 1. The van der Waals surface area contributed by atoms with E-state index < -0.39 is 0 Å². The molecule has 5 nitrogen and oxygen atoms in total. The molecule has 0 unspecified atom stereocenters. The minimum absolute atomic E-state index is 0.314. The molecule has 4 rings (SSSR count). The summed E-state index contributed by atoms with van der Waals surface area (Å²) >= 11 is 0. The summed E-state index contributed by atoms with van der Waals surface area (Å²) in [6.45, 7) is 1.86. The third-order valence-electron chi connectivity index (χ3n) is 3.89. The maximum absolute atomic E-state index is 13.8. The van der Waals surface area contributed by atoms with Crippen LogP contribution < -0.4 is 14.8 Å². The van der Waals surface area contributed by atoms with Gasteiger partial charge in [0, 0.05) is 18.4 Å². The van der Waals surface area contributed by atoms with Gasteiger partial charge in [0.05, 0.1) is 13.2 Å². The Morgan fingerprint density at radius 1 is 1.04 bits per heavy atom. The number of hydrogen-bond donors (Lipinski definition) is 1. The van der Waals surface area contributed by atoms with Gasteiger partial charge >= 0.3 is 0 Å². The van der Waals surface area contributed by atoms with E-state index in [4.69, 9.17) is 9.47 Å². The van der Waals surface area contributed by atoms with Crippen LogP contribution in [0.25, 0.3) is 10.9 Å². The molecule has 0 aliphatic carbocycles. The Morgan fingerprint density at radius 2 is 1.92 bits per heavy atom. The van der Waals surface area contributed by atoms with Crippen molar-refractivity contribution >= 4 is 16.7 Å². The van der Waals surface area contributed by atoms with Gasteiger partial charge in [-0.1, -0.05) is 12.1 Å². The van der Waals surface area contributed by atoms with Gasteiger partial charge in [-0.2, -0.15) is 0 Å². The average Bonchev–Trinajstić information content (AvgIpc) is 2.85. The van der Waals surface area contributed by atoms with E-state index in [1.165, 1.54) is 12.4 Å². The van der Waals surface area contributed by atoms with Crippen molar-refractivity contribution in [2.75, 3.05) is 18.5 Å². The van der Waals surface area contributed by atoms with Crippen molar-refractivity contribution in [3.05, 3.63) is 54.1 Å². The summed E-state index contributed by atoms with van der Waals surface area (Å²) in [4.78, 5) is 8.22. The number of para-hydroxylation sites is 1. The van der Waals surface area contributed by atoms with Crippen LogP contribution in [0.5, 0.6) is 11.5 Å². The maximum atomic E-state index is 13.8. The van der Waals surface area contributed by atoms with Gasteiger partial charge < -0.3 is 14.8 Å². The Balaban J connectivity index is 1.57. The molecule has 122 valence electrons. The standard InChI is InChI=1S/C18H16FN3O2/c19-14-4-1-3-13-17(14)21-11-22-18(13)20-10-12-5-6-15-16(9-12)24-8-2-7-23-15/h1,3-6,9,11H,2,7-8,10H2,(H,20,21,22). The highest BCUT2D eigenvalue weighted by Crippen LogP contribution is 2.31. The van der Waals surface area contributed by atoms with Gasteiger partial charge in [0.15, 0.2) is 11.5 Å². The molecule has 0 radical (unpaired) electrons. The minimum atomic E-state index is -0.353. The molecule has 0 spiro atoms. The summed E-state index contributed by atoms with van der Waals surface area (Å²) < 4.78 is 25.1. The Bertz CT molecular complexity index is 885. The van der Waals surface area contributed by atoms with Crippen molar-refractivity contribution in [3.63, 3.8) is 0 Å². The lowest BCUT2D eigenvalue weighted by Gasteiger charge is -2.11. The maximum Gasteiger partial charge on any atom is 0.161 e. The largest absolute Gasteiger partial charge is 0.490 e. The van der Waals surface area contributed by atoms with Crippen LogP contribution in [0.4, 0.5) is 10.2 Å². The smallest absolute Gasteiger partial charge is 0.161 e. The Labute approximate surface area is 138 Å². The number of halogens is 1. The topological polar surface area (TPSA) is 56.3 Å². The van der Waals surface area contributed by atoms with Crippen LogP contribution in [0.1, 0.15) is 12.0 Å². The highest BCUT2D eigenvalue weighted by molar-refractivity contribution is 5.89. The summed E-state index contributed by atoms with van der Waals surface area (Å²) in [6.07, 6.45) is 2.24. The summed E-state index contributed by atoms with van der Waals surface area (Å²) in [5.41, 5.74) is 1.34. The van der Waals surface area contributed by atoms with E-state index in [2.05, 4.69) is 15.3 Å². The Hall–Kier alpha value is -2.89. The molecule has 2 aromatic carbocycles. The van der Waals surface area contributed by atoms with Gasteiger partial charge in [0.2, 0.25) is 0 Å². The molecule has 1 aliphatic heterocycles. The van der Waals surface area contributed by atoms with Crippen molar-refractivity contribution in [2.24, 2.45) is 0 Å². The second-order valence-electron chi connectivity index (χ2n) is 5.54. The van der Waals surface area contributed by atoms with E-state index in [-0.39, 0.29) is 5.82 Å². The molecular weight excluding hydrogens is 309 g/mol. The summed E-state index contributed by atoms with van der Waals surface area (Å²) in [5, 5.41) is 3.90. The van der Waals surface area contributed by atoms with Crippen LogP contribution in [0.15, 0.2) is 42.7 Å². The van der Waals surface area contributed by atoms with Crippen LogP contribution in [-0.4, -0.2) is 23.2 Å². The number of fused-ring (bicyclic) bond motifs is 2. The van der Waals surface area contributed by atoms with Crippen LogP contribution >= 0.6 is 0 Å². The molecule has 0 saturated heterocycles. The predicted octanol–water partition coefficient (Wildman–Crippen LogP) is 3.54. The molecule has 0 atom stereocenters. The van der Waals surface area contributed by atoms with Gasteiger partial charge in [0.25, 0.3) is 0 Å². The SMILES string of the molecule is Fc1cccc2c(NCc3ccc4c(c3)OCCCO4)ncnc12. The van der Waals surface area contributed by atoms with Crippen LogP contribution in [0.2, 0.25) is 0 Å². The fourth-order valence-corrected chi connectivity index (χ4v) is 2.70. The van der Waals surface area contributed by atoms with Crippen molar-refractivity contribution in [1.82, 2.24) is 9.97 Å². The molecule has 1 aromatic heterocycles. The normalized spacial score (nSPS) is 13.5. The first-order valence-corrected chi connectivity index (χ1v) is 7.83. The second-order valence-corrected chi connectivity index (χ2v) is 5.54. The Kier molecular flexibility index (Phi) is 3.86.